The van der Waals surface area contributed by atoms with Crippen LogP contribution in [0.25, 0.3) is 0 Å². The number of amides is 3. The van der Waals surface area contributed by atoms with Gasteiger partial charge in [-0.2, -0.15) is 0 Å². The quantitative estimate of drug-likeness (QED) is 0.854. The summed E-state index contributed by atoms with van der Waals surface area (Å²) in [6.45, 7) is 3.72. The van der Waals surface area contributed by atoms with Gasteiger partial charge in [-0.3, -0.25) is 19.3 Å². The molecule has 1 aliphatic rings. The molecule has 1 heterocycles. The normalized spacial score (nSPS) is 14.4. The molecule has 25 heavy (non-hydrogen) atoms. The summed E-state index contributed by atoms with van der Waals surface area (Å²) in [5, 5.41) is 2.91. The molecule has 0 fully saturated rings. The standard InChI is InChI=1S/C20H20N2O3/c1-3-17(14-10-8-13(2)9-11-14)21-18(23)12-22-19(24)15-6-4-5-7-16(15)20(22)25/h4-11,17H,3,12H2,1-2H3,(H,21,23)/t17-/m0/s1. The molecule has 3 amide bonds. The minimum atomic E-state index is -0.417. The number of imide groups is 1. The lowest BCUT2D eigenvalue weighted by Gasteiger charge is -2.20. The predicted molar refractivity (Wildman–Crippen MR) is 94.2 cm³/mol. The first-order valence-corrected chi connectivity index (χ1v) is 8.32. The van der Waals surface area contributed by atoms with E-state index < -0.39 is 11.8 Å². The van der Waals surface area contributed by atoms with E-state index in [0.717, 1.165) is 22.4 Å². The molecule has 2 aromatic carbocycles. The minimum Gasteiger partial charge on any atom is -0.348 e. The van der Waals surface area contributed by atoms with Crippen molar-refractivity contribution in [3.63, 3.8) is 0 Å². The van der Waals surface area contributed by atoms with E-state index >= 15 is 0 Å². The van der Waals surface area contributed by atoms with Crippen LogP contribution in [-0.2, 0) is 4.79 Å². The minimum absolute atomic E-state index is 0.150. The molecule has 0 aliphatic carbocycles. The number of fused-ring (bicyclic) bond motifs is 1. The van der Waals surface area contributed by atoms with Crippen molar-refractivity contribution in [1.29, 1.82) is 0 Å². The topological polar surface area (TPSA) is 66.5 Å². The van der Waals surface area contributed by atoms with E-state index in [1.165, 1.54) is 0 Å². The van der Waals surface area contributed by atoms with E-state index in [0.29, 0.717) is 11.1 Å². The van der Waals surface area contributed by atoms with Gasteiger partial charge < -0.3 is 5.32 Å². The van der Waals surface area contributed by atoms with Gasteiger partial charge in [0.2, 0.25) is 5.91 Å². The third-order valence-electron chi connectivity index (χ3n) is 4.40. The number of benzene rings is 2. The molecule has 2 aromatic rings. The largest absolute Gasteiger partial charge is 0.348 e. The van der Waals surface area contributed by atoms with Crippen molar-refractivity contribution in [2.24, 2.45) is 0 Å². The number of aryl methyl sites for hydroxylation is 1. The van der Waals surface area contributed by atoms with Gasteiger partial charge in [0.05, 0.1) is 17.2 Å². The van der Waals surface area contributed by atoms with Gasteiger partial charge in [0, 0.05) is 0 Å². The highest BCUT2D eigenvalue weighted by molar-refractivity contribution is 6.22. The molecule has 1 atom stereocenters. The van der Waals surface area contributed by atoms with Gasteiger partial charge in [0.25, 0.3) is 11.8 Å². The van der Waals surface area contributed by atoms with E-state index in [1.807, 2.05) is 38.1 Å². The summed E-state index contributed by atoms with van der Waals surface area (Å²) < 4.78 is 0. The van der Waals surface area contributed by atoms with E-state index in [1.54, 1.807) is 24.3 Å². The third-order valence-corrected chi connectivity index (χ3v) is 4.40. The van der Waals surface area contributed by atoms with Crippen LogP contribution < -0.4 is 5.32 Å². The molecule has 128 valence electrons. The van der Waals surface area contributed by atoms with Gasteiger partial charge >= 0.3 is 0 Å². The molecule has 0 saturated carbocycles. The lowest BCUT2D eigenvalue weighted by Crippen LogP contribution is -2.41. The fourth-order valence-electron chi connectivity index (χ4n) is 2.99. The van der Waals surface area contributed by atoms with Crippen molar-refractivity contribution < 1.29 is 14.4 Å². The zero-order valence-electron chi connectivity index (χ0n) is 14.3. The maximum Gasteiger partial charge on any atom is 0.262 e. The van der Waals surface area contributed by atoms with E-state index in [2.05, 4.69) is 5.32 Å². The predicted octanol–water partition coefficient (Wildman–Crippen LogP) is 2.86. The van der Waals surface area contributed by atoms with Gasteiger partial charge in [-0.1, -0.05) is 48.9 Å². The van der Waals surface area contributed by atoms with Crippen molar-refractivity contribution in [3.05, 3.63) is 70.8 Å². The summed E-state index contributed by atoms with van der Waals surface area (Å²) >= 11 is 0. The third kappa shape index (κ3) is 3.31. The molecule has 0 radical (unpaired) electrons. The Morgan fingerprint density at radius 1 is 1.00 bits per heavy atom. The highest BCUT2D eigenvalue weighted by Crippen LogP contribution is 2.22. The summed E-state index contributed by atoms with van der Waals surface area (Å²) in [5.74, 6) is -1.18. The molecule has 5 heteroatoms. The lowest BCUT2D eigenvalue weighted by atomic mass is 10.0. The second kappa shape index (κ2) is 6.89. The van der Waals surface area contributed by atoms with Crippen LogP contribution in [0, 0.1) is 6.92 Å². The second-order valence-electron chi connectivity index (χ2n) is 6.18. The summed E-state index contributed by atoms with van der Waals surface area (Å²) in [4.78, 5) is 38.1. The average Bonchev–Trinajstić information content (AvgIpc) is 2.86. The number of rotatable bonds is 5. The number of nitrogens with zero attached hydrogens (tertiary/aromatic N) is 1. The maximum absolute atomic E-state index is 12.4. The molecule has 5 nitrogen and oxygen atoms in total. The van der Waals surface area contributed by atoms with Crippen LogP contribution in [0.15, 0.2) is 48.5 Å². The number of nitrogens with one attached hydrogen (secondary N) is 1. The number of carbonyl (C=O) groups excluding carboxylic acids is 3. The Bertz CT molecular complexity index is 792. The Morgan fingerprint density at radius 3 is 2.08 bits per heavy atom. The fraction of sp³-hybridized carbons (Fsp3) is 0.250. The maximum atomic E-state index is 12.4. The summed E-state index contributed by atoms with van der Waals surface area (Å²) in [6.07, 6.45) is 0.719. The Kier molecular flexibility index (Phi) is 4.65. The molecule has 0 unspecified atom stereocenters. The fourth-order valence-corrected chi connectivity index (χ4v) is 2.99. The zero-order chi connectivity index (χ0) is 18.0. The molecule has 0 saturated heterocycles. The van der Waals surface area contributed by atoms with Crippen molar-refractivity contribution in [1.82, 2.24) is 10.2 Å². The Hall–Kier alpha value is -2.95. The van der Waals surface area contributed by atoms with Crippen LogP contribution in [0.5, 0.6) is 0 Å². The smallest absolute Gasteiger partial charge is 0.262 e. The first-order chi connectivity index (χ1) is 12.0. The van der Waals surface area contributed by atoms with Gasteiger partial charge in [-0.15, -0.1) is 0 Å². The Labute approximate surface area is 146 Å². The Balaban J connectivity index is 1.69. The van der Waals surface area contributed by atoms with Crippen molar-refractivity contribution in [2.75, 3.05) is 6.54 Å². The average molecular weight is 336 g/mol. The highest BCUT2D eigenvalue weighted by atomic mass is 16.2. The van der Waals surface area contributed by atoms with Crippen molar-refractivity contribution in [2.45, 2.75) is 26.3 Å². The molecule has 1 N–H and O–H groups in total. The number of hydrogen-bond acceptors (Lipinski definition) is 3. The van der Waals surface area contributed by atoms with Gasteiger partial charge in [0.15, 0.2) is 0 Å². The molecule has 0 bridgehead atoms. The van der Waals surface area contributed by atoms with Gasteiger partial charge in [-0.25, -0.2) is 0 Å². The van der Waals surface area contributed by atoms with Crippen LogP contribution >= 0.6 is 0 Å². The van der Waals surface area contributed by atoms with E-state index in [9.17, 15) is 14.4 Å². The van der Waals surface area contributed by atoms with E-state index in [4.69, 9.17) is 0 Å². The summed E-state index contributed by atoms with van der Waals surface area (Å²) in [7, 11) is 0. The second-order valence-corrected chi connectivity index (χ2v) is 6.18. The monoisotopic (exact) mass is 336 g/mol. The van der Waals surface area contributed by atoms with Crippen LogP contribution in [-0.4, -0.2) is 29.2 Å². The first kappa shape index (κ1) is 16.9. The van der Waals surface area contributed by atoms with Crippen LogP contribution in [0.4, 0.5) is 0 Å². The number of carbonyl (C=O) groups is 3. The molecule has 1 aliphatic heterocycles. The zero-order valence-corrected chi connectivity index (χ0v) is 14.3. The van der Waals surface area contributed by atoms with Gasteiger partial charge in [0.1, 0.15) is 6.54 Å². The summed E-state index contributed by atoms with van der Waals surface area (Å²) in [5.41, 5.74) is 2.86. The SMILES string of the molecule is CC[C@H](NC(=O)CN1C(=O)c2ccccc2C1=O)c1ccc(C)cc1. The highest BCUT2D eigenvalue weighted by Gasteiger charge is 2.36. The lowest BCUT2D eigenvalue weighted by molar-refractivity contribution is -0.122. The molecule has 3 rings (SSSR count). The molecular weight excluding hydrogens is 316 g/mol. The van der Waals surface area contributed by atoms with Crippen LogP contribution in [0.3, 0.4) is 0 Å². The van der Waals surface area contributed by atoms with Crippen LogP contribution in [0.2, 0.25) is 0 Å². The first-order valence-electron chi connectivity index (χ1n) is 8.32. The van der Waals surface area contributed by atoms with Crippen LogP contribution in [0.1, 0.15) is 51.2 Å². The van der Waals surface area contributed by atoms with Crippen molar-refractivity contribution >= 4 is 17.7 Å². The summed E-state index contributed by atoms with van der Waals surface area (Å²) in [6, 6.07) is 14.4. The molecule has 0 spiro atoms. The van der Waals surface area contributed by atoms with E-state index in [-0.39, 0.29) is 18.5 Å². The van der Waals surface area contributed by atoms with Crippen molar-refractivity contribution in [3.8, 4) is 0 Å². The Morgan fingerprint density at radius 2 is 1.56 bits per heavy atom. The molecular formula is C20H20N2O3. The molecule has 0 aromatic heterocycles. The number of hydrogen-bond donors (Lipinski definition) is 1. The van der Waals surface area contributed by atoms with Gasteiger partial charge in [-0.05, 0) is 31.0 Å².